The Balaban J connectivity index is 0.000000461. The maximum Gasteiger partial charge on any atom is 0.0949 e. The summed E-state index contributed by atoms with van der Waals surface area (Å²) in [5, 5.41) is 0. The molecule has 0 aliphatic carbocycles. The van der Waals surface area contributed by atoms with E-state index in [1.807, 2.05) is 20.2 Å². The molecule has 0 N–H and O–H groups in total. The van der Waals surface area contributed by atoms with Gasteiger partial charge in [-0.2, -0.15) is 0 Å². The van der Waals surface area contributed by atoms with Crippen LogP contribution < -0.4 is 0 Å². The van der Waals surface area contributed by atoms with Crippen molar-refractivity contribution in [1.82, 2.24) is 9.55 Å². The van der Waals surface area contributed by atoms with Crippen LogP contribution in [0.15, 0.2) is 12.5 Å². The highest BCUT2D eigenvalue weighted by Crippen LogP contribution is 1.95. The fourth-order valence-electron chi connectivity index (χ4n) is 0.762. The van der Waals surface area contributed by atoms with Crippen LogP contribution in [0.25, 0.3) is 0 Å². The molecule has 0 spiro atoms. The molecule has 2 heteroatoms. The van der Waals surface area contributed by atoms with Crippen LogP contribution in [0.1, 0.15) is 33.4 Å². The molecule has 0 amide bonds. The summed E-state index contributed by atoms with van der Waals surface area (Å²) < 4.78 is 2.08. The third-order valence-corrected chi connectivity index (χ3v) is 1.41. The summed E-state index contributed by atoms with van der Waals surface area (Å²) in [6, 6.07) is 0. The summed E-state index contributed by atoms with van der Waals surface area (Å²) in [5.41, 5.74) is 1.18. The van der Waals surface area contributed by atoms with E-state index in [2.05, 4.69) is 29.6 Å². The topological polar surface area (TPSA) is 17.8 Å². The molecular formula is C9H18N2. The number of aryl methyl sites for hydroxylation is 2. The zero-order chi connectivity index (χ0) is 8.69. The number of hydrogen-bond donors (Lipinski definition) is 0. The molecule has 0 unspecified atom stereocenters. The predicted octanol–water partition coefficient (Wildman–Crippen LogP) is 2.49. The van der Waals surface area contributed by atoms with Crippen molar-refractivity contribution in [2.45, 2.75) is 40.7 Å². The molecule has 0 saturated heterocycles. The number of aromatic nitrogens is 2. The average molecular weight is 154 g/mol. The quantitative estimate of drug-likeness (QED) is 0.640. The second-order valence-electron chi connectivity index (χ2n) is 2.05. The van der Waals surface area contributed by atoms with E-state index in [1.54, 1.807) is 0 Å². The highest BCUT2D eigenvalue weighted by molar-refractivity contribution is 4.95. The fraction of sp³-hybridized carbons (Fsp3) is 0.667. The van der Waals surface area contributed by atoms with Crippen molar-refractivity contribution in [2.24, 2.45) is 0 Å². The van der Waals surface area contributed by atoms with E-state index in [4.69, 9.17) is 0 Å². The molecule has 11 heavy (non-hydrogen) atoms. The maximum absolute atomic E-state index is 4.17. The number of imidazole rings is 1. The number of nitrogens with zero attached hydrogens (tertiary/aromatic N) is 2. The Morgan fingerprint density at radius 3 is 2.27 bits per heavy atom. The minimum absolute atomic E-state index is 1.02. The fourth-order valence-corrected chi connectivity index (χ4v) is 0.762. The molecule has 2 nitrogen and oxygen atoms in total. The standard InChI is InChI=1S/C7H12N2.C2H6/c1-3-7-5-9(4-2)6-8-7;1-2/h5-6H,3-4H2,1-2H3;1-2H3. The van der Waals surface area contributed by atoms with Gasteiger partial charge in [0.25, 0.3) is 0 Å². The molecule has 1 rings (SSSR count). The van der Waals surface area contributed by atoms with Gasteiger partial charge in [-0.1, -0.05) is 20.8 Å². The van der Waals surface area contributed by atoms with E-state index in [0.717, 1.165) is 13.0 Å². The molecule has 0 atom stereocenters. The van der Waals surface area contributed by atoms with Crippen LogP contribution in [0.4, 0.5) is 0 Å². The molecule has 0 aliphatic rings. The monoisotopic (exact) mass is 154 g/mol. The largest absolute Gasteiger partial charge is 0.337 e. The lowest BCUT2D eigenvalue weighted by Crippen LogP contribution is -1.86. The molecule has 0 fully saturated rings. The van der Waals surface area contributed by atoms with Gasteiger partial charge in [0.05, 0.1) is 12.0 Å². The van der Waals surface area contributed by atoms with E-state index in [0.29, 0.717) is 0 Å². The highest BCUT2D eigenvalue weighted by atomic mass is 15.0. The lowest BCUT2D eigenvalue weighted by Gasteiger charge is -1.89. The van der Waals surface area contributed by atoms with Gasteiger partial charge in [0.1, 0.15) is 0 Å². The zero-order valence-electron chi connectivity index (χ0n) is 7.96. The Morgan fingerprint density at radius 2 is 2.00 bits per heavy atom. The van der Waals surface area contributed by atoms with Gasteiger partial charge in [0.2, 0.25) is 0 Å². The maximum atomic E-state index is 4.17. The first-order valence-corrected chi connectivity index (χ1v) is 4.37. The first-order valence-electron chi connectivity index (χ1n) is 4.37. The Labute approximate surface area is 69.3 Å². The summed E-state index contributed by atoms with van der Waals surface area (Å²) in [5.74, 6) is 0. The van der Waals surface area contributed by atoms with E-state index < -0.39 is 0 Å². The second-order valence-corrected chi connectivity index (χ2v) is 2.05. The summed E-state index contributed by atoms with van der Waals surface area (Å²) in [4.78, 5) is 4.17. The van der Waals surface area contributed by atoms with Crippen molar-refractivity contribution >= 4 is 0 Å². The van der Waals surface area contributed by atoms with Crippen LogP contribution in [0.5, 0.6) is 0 Å². The molecule has 64 valence electrons. The van der Waals surface area contributed by atoms with Gasteiger partial charge in [-0.3, -0.25) is 0 Å². The third kappa shape index (κ3) is 3.21. The van der Waals surface area contributed by atoms with Gasteiger partial charge in [0.15, 0.2) is 0 Å². The minimum atomic E-state index is 1.02. The molecule has 1 aromatic heterocycles. The molecule has 0 radical (unpaired) electrons. The Hall–Kier alpha value is -0.790. The first-order chi connectivity index (χ1) is 5.36. The zero-order valence-corrected chi connectivity index (χ0v) is 7.96. The van der Waals surface area contributed by atoms with Crippen molar-refractivity contribution in [3.05, 3.63) is 18.2 Å². The number of hydrogen-bond acceptors (Lipinski definition) is 1. The van der Waals surface area contributed by atoms with Crippen molar-refractivity contribution in [3.63, 3.8) is 0 Å². The SMILES string of the molecule is CC.CCc1cn(CC)cn1. The van der Waals surface area contributed by atoms with Crippen molar-refractivity contribution in [2.75, 3.05) is 0 Å². The third-order valence-electron chi connectivity index (χ3n) is 1.41. The van der Waals surface area contributed by atoms with Crippen LogP contribution >= 0.6 is 0 Å². The van der Waals surface area contributed by atoms with Crippen LogP contribution in [-0.4, -0.2) is 9.55 Å². The molecule has 0 aliphatic heterocycles. The van der Waals surface area contributed by atoms with E-state index in [1.165, 1.54) is 5.69 Å². The molecule has 1 aromatic rings. The first kappa shape index (κ1) is 10.2. The normalized spacial score (nSPS) is 8.73. The van der Waals surface area contributed by atoms with E-state index >= 15 is 0 Å². The van der Waals surface area contributed by atoms with E-state index in [9.17, 15) is 0 Å². The Bertz CT molecular complexity index is 161. The summed E-state index contributed by atoms with van der Waals surface area (Å²) in [6.07, 6.45) is 4.99. The second kappa shape index (κ2) is 5.96. The van der Waals surface area contributed by atoms with Gasteiger partial charge < -0.3 is 4.57 Å². The summed E-state index contributed by atoms with van der Waals surface area (Å²) in [7, 11) is 0. The average Bonchev–Trinajstić information content (AvgIpc) is 2.55. The van der Waals surface area contributed by atoms with Crippen LogP contribution in [0, 0.1) is 0 Å². The van der Waals surface area contributed by atoms with Crippen LogP contribution in [-0.2, 0) is 13.0 Å². The van der Waals surface area contributed by atoms with Gasteiger partial charge in [0, 0.05) is 12.7 Å². The lowest BCUT2D eigenvalue weighted by molar-refractivity contribution is 0.760. The molecular weight excluding hydrogens is 136 g/mol. The van der Waals surface area contributed by atoms with Crippen molar-refractivity contribution in [3.8, 4) is 0 Å². The minimum Gasteiger partial charge on any atom is -0.337 e. The lowest BCUT2D eigenvalue weighted by atomic mass is 10.4. The van der Waals surface area contributed by atoms with Gasteiger partial charge in [-0.15, -0.1) is 0 Å². The van der Waals surface area contributed by atoms with Gasteiger partial charge in [-0.25, -0.2) is 4.98 Å². The highest BCUT2D eigenvalue weighted by Gasteiger charge is 1.90. The molecule has 0 saturated carbocycles. The molecule has 0 aromatic carbocycles. The van der Waals surface area contributed by atoms with Gasteiger partial charge in [-0.05, 0) is 13.3 Å². The van der Waals surface area contributed by atoms with Crippen LogP contribution in [0.2, 0.25) is 0 Å². The van der Waals surface area contributed by atoms with Crippen LogP contribution in [0.3, 0.4) is 0 Å². The summed E-state index contributed by atoms with van der Waals surface area (Å²) >= 11 is 0. The Kier molecular flexibility index (Phi) is 5.53. The molecule has 0 bridgehead atoms. The summed E-state index contributed by atoms with van der Waals surface area (Å²) in [6.45, 7) is 9.25. The predicted molar refractivity (Wildman–Crippen MR) is 48.6 cm³/mol. The van der Waals surface area contributed by atoms with Crippen molar-refractivity contribution in [1.29, 1.82) is 0 Å². The van der Waals surface area contributed by atoms with E-state index in [-0.39, 0.29) is 0 Å². The van der Waals surface area contributed by atoms with Crippen molar-refractivity contribution < 1.29 is 0 Å². The Morgan fingerprint density at radius 1 is 1.36 bits per heavy atom. The number of rotatable bonds is 2. The molecule has 1 heterocycles. The smallest absolute Gasteiger partial charge is 0.0949 e. The van der Waals surface area contributed by atoms with Gasteiger partial charge >= 0.3 is 0 Å².